The number of alkyl halides is 3. The summed E-state index contributed by atoms with van der Waals surface area (Å²) in [4.78, 5) is 10.0. The van der Waals surface area contributed by atoms with Crippen molar-refractivity contribution in [2.45, 2.75) is 32.5 Å². The summed E-state index contributed by atoms with van der Waals surface area (Å²) < 4.78 is 36.4. The molecule has 0 saturated carbocycles. The summed E-state index contributed by atoms with van der Waals surface area (Å²) >= 11 is 0. The van der Waals surface area contributed by atoms with Gasteiger partial charge in [0.15, 0.2) is 0 Å². The van der Waals surface area contributed by atoms with Gasteiger partial charge in [-0.1, -0.05) is 0 Å². The zero-order valence-electron chi connectivity index (χ0n) is 9.91. The summed E-state index contributed by atoms with van der Waals surface area (Å²) in [5.74, 6) is 0. The summed E-state index contributed by atoms with van der Waals surface area (Å²) in [6.45, 7) is 2.95. The van der Waals surface area contributed by atoms with Gasteiger partial charge < -0.3 is 5.32 Å². The van der Waals surface area contributed by atoms with Crippen molar-refractivity contribution in [1.29, 1.82) is 0 Å². The Bertz CT molecular complexity index is 446. The number of nitro groups is 1. The molecule has 0 aliphatic carbocycles. The fourth-order valence-corrected chi connectivity index (χ4v) is 1.63. The molecule has 0 saturated heterocycles. The van der Waals surface area contributed by atoms with Crippen LogP contribution in [0.3, 0.4) is 0 Å². The van der Waals surface area contributed by atoms with Gasteiger partial charge in [0, 0.05) is 23.4 Å². The van der Waals surface area contributed by atoms with Crippen molar-refractivity contribution in [3.63, 3.8) is 0 Å². The molecule has 1 rings (SSSR count). The SMILES string of the molecule is Cc1cc(NC(C)CC(F)(F)F)ccc1[N+](=O)[O-]. The zero-order chi connectivity index (χ0) is 13.9. The van der Waals surface area contributed by atoms with E-state index in [-0.39, 0.29) is 5.69 Å². The number of hydrogen-bond acceptors (Lipinski definition) is 3. The molecule has 1 N–H and O–H groups in total. The highest BCUT2D eigenvalue weighted by atomic mass is 19.4. The van der Waals surface area contributed by atoms with Crippen molar-refractivity contribution in [2.24, 2.45) is 0 Å². The van der Waals surface area contributed by atoms with Gasteiger partial charge in [0.05, 0.1) is 11.3 Å². The second-order valence-electron chi connectivity index (χ2n) is 4.12. The minimum Gasteiger partial charge on any atom is -0.382 e. The summed E-state index contributed by atoms with van der Waals surface area (Å²) in [5.41, 5.74) is 0.795. The van der Waals surface area contributed by atoms with Crippen LogP contribution >= 0.6 is 0 Å². The third-order valence-electron chi connectivity index (χ3n) is 2.34. The molecule has 0 aromatic heterocycles. The van der Waals surface area contributed by atoms with E-state index < -0.39 is 23.6 Å². The van der Waals surface area contributed by atoms with Crippen molar-refractivity contribution in [3.05, 3.63) is 33.9 Å². The van der Waals surface area contributed by atoms with Crippen LogP contribution in [-0.4, -0.2) is 17.1 Å². The van der Waals surface area contributed by atoms with Crippen LogP contribution in [0.2, 0.25) is 0 Å². The number of anilines is 1. The van der Waals surface area contributed by atoms with E-state index in [9.17, 15) is 23.3 Å². The van der Waals surface area contributed by atoms with Crippen molar-refractivity contribution in [2.75, 3.05) is 5.32 Å². The fraction of sp³-hybridized carbons (Fsp3) is 0.455. The third kappa shape index (κ3) is 4.23. The molecule has 1 atom stereocenters. The molecular formula is C11H13F3N2O2. The highest BCUT2D eigenvalue weighted by Crippen LogP contribution is 2.25. The van der Waals surface area contributed by atoms with E-state index in [1.54, 1.807) is 0 Å². The lowest BCUT2D eigenvalue weighted by atomic mass is 10.1. The van der Waals surface area contributed by atoms with E-state index in [4.69, 9.17) is 0 Å². The quantitative estimate of drug-likeness (QED) is 0.665. The van der Waals surface area contributed by atoms with Crippen LogP contribution in [0.5, 0.6) is 0 Å². The lowest BCUT2D eigenvalue weighted by Gasteiger charge is -2.17. The molecule has 7 heteroatoms. The van der Waals surface area contributed by atoms with Gasteiger partial charge in [-0.3, -0.25) is 10.1 Å². The Morgan fingerprint density at radius 3 is 2.50 bits per heavy atom. The first-order chi connectivity index (χ1) is 8.19. The molecular weight excluding hydrogens is 249 g/mol. The molecule has 1 aromatic carbocycles. The molecule has 1 unspecified atom stereocenters. The van der Waals surface area contributed by atoms with Crippen molar-refractivity contribution >= 4 is 11.4 Å². The van der Waals surface area contributed by atoms with Gasteiger partial charge in [-0.05, 0) is 26.0 Å². The second-order valence-corrected chi connectivity index (χ2v) is 4.12. The largest absolute Gasteiger partial charge is 0.391 e. The molecule has 0 aliphatic rings. The Morgan fingerprint density at radius 2 is 2.06 bits per heavy atom. The van der Waals surface area contributed by atoms with Gasteiger partial charge in [0.25, 0.3) is 5.69 Å². The average Bonchev–Trinajstić information content (AvgIpc) is 2.13. The Balaban J connectivity index is 2.75. The van der Waals surface area contributed by atoms with Crippen LogP contribution in [0.1, 0.15) is 18.9 Å². The van der Waals surface area contributed by atoms with Gasteiger partial charge in [-0.25, -0.2) is 0 Å². The highest BCUT2D eigenvalue weighted by molar-refractivity contribution is 5.53. The Kier molecular flexibility index (Phi) is 4.15. The highest BCUT2D eigenvalue weighted by Gasteiger charge is 2.29. The van der Waals surface area contributed by atoms with Crippen molar-refractivity contribution in [3.8, 4) is 0 Å². The number of aryl methyl sites for hydroxylation is 1. The van der Waals surface area contributed by atoms with E-state index >= 15 is 0 Å². The van der Waals surface area contributed by atoms with E-state index in [1.165, 1.54) is 32.0 Å². The maximum Gasteiger partial charge on any atom is 0.391 e. The molecule has 100 valence electrons. The summed E-state index contributed by atoms with van der Waals surface area (Å²) in [7, 11) is 0. The monoisotopic (exact) mass is 262 g/mol. The Labute approximate surface area is 102 Å². The van der Waals surface area contributed by atoms with E-state index in [1.807, 2.05) is 0 Å². The lowest BCUT2D eigenvalue weighted by Crippen LogP contribution is -2.23. The maximum absolute atomic E-state index is 12.1. The lowest BCUT2D eigenvalue weighted by molar-refractivity contribution is -0.385. The second kappa shape index (κ2) is 5.24. The first-order valence-corrected chi connectivity index (χ1v) is 5.27. The minimum atomic E-state index is -4.23. The number of benzene rings is 1. The average molecular weight is 262 g/mol. The first kappa shape index (κ1) is 14.3. The van der Waals surface area contributed by atoms with Crippen molar-refractivity contribution < 1.29 is 18.1 Å². The van der Waals surface area contributed by atoms with Gasteiger partial charge in [-0.15, -0.1) is 0 Å². The number of rotatable bonds is 4. The number of hydrogen-bond donors (Lipinski definition) is 1. The van der Waals surface area contributed by atoms with Crippen LogP contribution in [0, 0.1) is 17.0 Å². The van der Waals surface area contributed by atoms with Crippen LogP contribution in [0.15, 0.2) is 18.2 Å². The van der Waals surface area contributed by atoms with Gasteiger partial charge in [0.1, 0.15) is 0 Å². The van der Waals surface area contributed by atoms with Crippen LogP contribution in [0.25, 0.3) is 0 Å². The van der Waals surface area contributed by atoms with Gasteiger partial charge in [-0.2, -0.15) is 13.2 Å². The van der Waals surface area contributed by atoms with Crippen LogP contribution in [-0.2, 0) is 0 Å². The van der Waals surface area contributed by atoms with E-state index in [0.717, 1.165) is 0 Å². The van der Waals surface area contributed by atoms with E-state index in [0.29, 0.717) is 11.3 Å². The molecule has 0 aliphatic heterocycles. The predicted octanol–water partition coefficient (Wildman–Crippen LogP) is 3.66. The summed E-state index contributed by atoms with van der Waals surface area (Å²) in [5, 5.41) is 13.2. The normalized spacial score (nSPS) is 13.2. The maximum atomic E-state index is 12.1. The number of halogens is 3. The van der Waals surface area contributed by atoms with Gasteiger partial charge >= 0.3 is 6.18 Å². The standard InChI is InChI=1S/C11H13F3N2O2/c1-7-5-9(3-4-10(7)16(17)18)15-8(2)6-11(12,13)14/h3-5,8,15H,6H2,1-2H3. The molecule has 18 heavy (non-hydrogen) atoms. The molecule has 0 amide bonds. The topological polar surface area (TPSA) is 55.2 Å². The number of nitrogens with zero attached hydrogens (tertiary/aromatic N) is 1. The zero-order valence-corrected chi connectivity index (χ0v) is 9.91. The minimum absolute atomic E-state index is 0.0518. The molecule has 0 heterocycles. The molecule has 0 radical (unpaired) electrons. The fourth-order valence-electron chi connectivity index (χ4n) is 1.63. The molecule has 1 aromatic rings. The summed E-state index contributed by atoms with van der Waals surface area (Å²) in [6, 6.07) is 3.35. The van der Waals surface area contributed by atoms with Gasteiger partial charge in [0.2, 0.25) is 0 Å². The van der Waals surface area contributed by atoms with Crippen LogP contribution in [0.4, 0.5) is 24.5 Å². The Morgan fingerprint density at radius 1 is 1.44 bits per heavy atom. The molecule has 0 spiro atoms. The number of nitrogens with one attached hydrogen (secondary N) is 1. The van der Waals surface area contributed by atoms with Crippen LogP contribution < -0.4 is 5.32 Å². The molecule has 4 nitrogen and oxygen atoms in total. The molecule has 0 fully saturated rings. The smallest absolute Gasteiger partial charge is 0.382 e. The third-order valence-corrected chi connectivity index (χ3v) is 2.34. The Hall–Kier alpha value is -1.79. The molecule has 0 bridgehead atoms. The van der Waals surface area contributed by atoms with E-state index in [2.05, 4.69) is 5.32 Å². The number of nitro benzene ring substituents is 1. The predicted molar refractivity (Wildman–Crippen MR) is 61.6 cm³/mol. The summed E-state index contributed by atoms with van der Waals surface area (Å²) in [6.07, 6.45) is -5.19. The van der Waals surface area contributed by atoms with Crippen molar-refractivity contribution in [1.82, 2.24) is 0 Å². The first-order valence-electron chi connectivity index (χ1n) is 5.27.